The minimum atomic E-state index is -0.442. The number of hydrogen-bond acceptors (Lipinski definition) is 3. The fraction of sp³-hybridized carbons (Fsp3) is 0.846. The largest absolute Gasteiger partial charge is 0.444 e. The SMILES string of the molecule is CC(=O)CCC1(C)CN(C(=O)OC(C)(C)C)C1. The molecule has 0 aromatic carbocycles. The number of carbonyl (C=O) groups is 2. The standard InChI is InChI=1S/C13H23NO3/c1-10(15)6-7-13(5)8-14(9-13)11(16)17-12(2,3)4/h6-9H2,1-5H3. The molecule has 1 rings (SSSR count). The maximum Gasteiger partial charge on any atom is 0.410 e. The molecular formula is C13H23NO3. The molecule has 0 N–H and O–H groups in total. The number of rotatable bonds is 3. The van der Waals surface area contributed by atoms with Crippen LogP contribution in [0.1, 0.15) is 47.5 Å². The molecule has 17 heavy (non-hydrogen) atoms. The van der Waals surface area contributed by atoms with Crippen LogP contribution >= 0.6 is 0 Å². The van der Waals surface area contributed by atoms with Crippen molar-refractivity contribution in [1.82, 2.24) is 4.90 Å². The van der Waals surface area contributed by atoms with E-state index in [0.29, 0.717) is 19.5 Å². The minimum Gasteiger partial charge on any atom is -0.444 e. The summed E-state index contributed by atoms with van der Waals surface area (Å²) in [5, 5.41) is 0. The molecule has 1 amide bonds. The summed E-state index contributed by atoms with van der Waals surface area (Å²) < 4.78 is 5.28. The van der Waals surface area contributed by atoms with E-state index in [1.807, 2.05) is 20.8 Å². The van der Waals surface area contributed by atoms with Gasteiger partial charge in [0, 0.05) is 24.9 Å². The van der Waals surface area contributed by atoms with Crippen molar-refractivity contribution in [3.05, 3.63) is 0 Å². The van der Waals surface area contributed by atoms with E-state index in [9.17, 15) is 9.59 Å². The third-order valence-corrected chi connectivity index (χ3v) is 2.88. The highest BCUT2D eigenvalue weighted by atomic mass is 16.6. The van der Waals surface area contributed by atoms with E-state index < -0.39 is 5.60 Å². The van der Waals surface area contributed by atoms with Crippen LogP contribution in [0, 0.1) is 5.41 Å². The Labute approximate surface area is 103 Å². The molecular weight excluding hydrogens is 218 g/mol. The van der Waals surface area contributed by atoms with Gasteiger partial charge in [-0.05, 0) is 34.1 Å². The van der Waals surface area contributed by atoms with Gasteiger partial charge in [-0.1, -0.05) is 6.92 Å². The van der Waals surface area contributed by atoms with Gasteiger partial charge in [0.25, 0.3) is 0 Å². The first-order valence-electron chi connectivity index (χ1n) is 6.09. The van der Waals surface area contributed by atoms with Gasteiger partial charge < -0.3 is 14.4 Å². The van der Waals surface area contributed by atoms with Gasteiger partial charge in [0.15, 0.2) is 0 Å². The second kappa shape index (κ2) is 4.67. The lowest BCUT2D eigenvalue weighted by molar-refractivity contribution is -0.118. The molecule has 1 saturated heterocycles. The Bertz CT molecular complexity index is 311. The summed E-state index contributed by atoms with van der Waals surface area (Å²) in [6, 6.07) is 0. The number of ether oxygens (including phenoxy) is 1. The Kier molecular flexibility index (Phi) is 3.84. The van der Waals surface area contributed by atoms with Gasteiger partial charge >= 0.3 is 6.09 Å². The number of Topliss-reactive ketones (excluding diaryl/α,β-unsaturated/α-hetero) is 1. The average molecular weight is 241 g/mol. The Morgan fingerprint density at radius 3 is 2.24 bits per heavy atom. The Morgan fingerprint density at radius 1 is 1.29 bits per heavy atom. The van der Waals surface area contributed by atoms with Crippen molar-refractivity contribution in [1.29, 1.82) is 0 Å². The lowest BCUT2D eigenvalue weighted by atomic mass is 9.78. The molecule has 0 bridgehead atoms. The second-order valence-corrected chi connectivity index (χ2v) is 6.35. The van der Waals surface area contributed by atoms with Crippen molar-refractivity contribution in [2.75, 3.05) is 13.1 Å². The highest BCUT2D eigenvalue weighted by molar-refractivity contribution is 5.75. The van der Waals surface area contributed by atoms with Gasteiger partial charge in [-0.15, -0.1) is 0 Å². The van der Waals surface area contributed by atoms with Crippen LogP contribution in [0.4, 0.5) is 4.79 Å². The molecule has 0 aliphatic carbocycles. The van der Waals surface area contributed by atoms with Crippen LogP contribution in [-0.4, -0.2) is 35.5 Å². The predicted molar refractivity (Wildman–Crippen MR) is 65.8 cm³/mol. The minimum absolute atomic E-state index is 0.0859. The van der Waals surface area contributed by atoms with Crippen molar-refractivity contribution in [3.8, 4) is 0 Å². The summed E-state index contributed by atoms with van der Waals surface area (Å²) in [7, 11) is 0. The van der Waals surface area contributed by atoms with E-state index in [1.54, 1.807) is 11.8 Å². The Morgan fingerprint density at radius 2 is 1.82 bits per heavy atom. The van der Waals surface area contributed by atoms with Crippen molar-refractivity contribution >= 4 is 11.9 Å². The molecule has 1 fully saturated rings. The molecule has 0 aromatic rings. The fourth-order valence-corrected chi connectivity index (χ4v) is 1.97. The van der Waals surface area contributed by atoms with E-state index >= 15 is 0 Å². The topological polar surface area (TPSA) is 46.6 Å². The van der Waals surface area contributed by atoms with Crippen LogP contribution in [0.5, 0.6) is 0 Å². The maximum atomic E-state index is 11.7. The van der Waals surface area contributed by atoms with Crippen molar-refractivity contribution in [2.45, 2.75) is 53.1 Å². The first kappa shape index (κ1) is 14.0. The van der Waals surface area contributed by atoms with Crippen molar-refractivity contribution < 1.29 is 14.3 Å². The monoisotopic (exact) mass is 241 g/mol. The fourth-order valence-electron chi connectivity index (χ4n) is 1.97. The van der Waals surface area contributed by atoms with Crippen LogP contribution in [0.3, 0.4) is 0 Å². The highest BCUT2D eigenvalue weighted by Gasteiger charge is 2.42. The molecule has 0 unspecified atom stereocenters. The maximum absolute atomic E-state index is 11.7. The number of amides is 1. The van der Waals surface area contributed by atoms with E-state index in [1.165, 1.54) is 0 Å². The van der Waals surface area contributed by atoms with Crippen LogP contribution in [0.15, 0.2) is 0 Å². The van der Waals surface area contributed by atoms with E-state index in [-0.39, 0.29) is 17.3 Å². The van der Waals surface area contributed by atoms with E-state index in [0.717, 1.165) is 6.42 Å². The summed E-state index contributed by atoms with van der Waals surface area (Å²) in [4.78, 5) is 24.3. The van der Waals surface area contributed by atoms with Gasteiger partial charge in [-0.25, -0.2) is 4.79 Å². The molecule has 0 aromatic heterocycles. The highest BCUT2D eigenvalue weighted by Crippen LogP contribution is 2.35. The van der Waals surface area contributed by atoms with Gasteiger partial charge in [-0.3, -0.25) is 0 Å². The molecule has 1 aliphatic rings. The molecule has 1 heterocycles. The molecule has 4 nitrogen and oxygen atoms in total. The normalized spacial score (nSPS) is 18.5. The third-order valence-electron chi connectivity index (χ3n) is 2.88. The van der Waals surface area contributed by atoms with Crippen LogP contribution in [0.25, 0.3) is 0 Å². The first-order chi connectivity index (χ1) is 7.61. The summed E-state index contributed by atoms with van der Waals surface area (Å²) in [5.41, 5.74) is -0.356. The number of ketones is 1. The Hall–Kier alpha value is -1.06. The molecule has 0 radical (unpaired) electrons. The van der Waals surface area contributed by atoms with Crippen LogP contribution in [-0.2, 0) is 9.53 Å². The third kappa shape index (κ3) is 4.36. The van der Waals surface area contributed by atoms with Gasteiger partial charge in [0.1, 0.15) is 11.4 Å². The number of hydrogen-bond donors (Lipinski definition) is 0. The van der Waals surface area contributed by atoms with Crippen LogP contribution < -0.4 is 0 Å². The molecule has 98 valence electrons. The summed E-state index contributed by atoms with van der Waals surface area (Å²) in [6.45, 7) is 10.7. The van der Waals surface area contributed by atoms with E-state index in [4.69, 9.17) is 4.74 Å². The zero-order chi connectivity index (χ0) is 13.3. The lowest BCUT2D eigenvalue weighted by Crippen LogP contribution is -2.57. The zero-order valence-corrected chi connectivity index (χ0v) is 11.5. The van der Waals surface area contributed by atoms with E-state index in [2.05, 4.69) is 6.92 Å². The molecule has 0 spiro atoms. The van der Waals surface area contributed by atoms with Gasteiger partial charge in [0.05, 0.1) is 0 Å². The number of likely N-dealkylation sites (tertiary alicyclic amines) is 1. The molecule has 0 saturated carbocycles. The van der Waals surface area contributed by atoms with Crippen molar-refractivity contribution in [2.24, 2.45) is 5.41 Å². The number of carbonyl (C=O) groups excluding carboxylic acids is 2. The molecule has 0 atom stereocenters. The van der Waals surface area contributed by atoms with Crippen LogP contribution in [0.2, 0.25) is 0 Å². The smallest absolute Gasteiger partial charge is 0.410 e. The second-order valence-electron chi connectivity index (χ2n) is 6.35. The van der Waals surface area contributed by atoms with Gasteiger partial charge in [0.2, 0.25) is 0 Å². The first-order valence-corrected chi connectivity index (χ1v) is 6.09. The molecule has 1 aliphatic heterocycles. The predicted octanol–water partition coefficient (Wildman–Crippen LogP) is 2.61. The van der Waals surface area contributed by atoms with Crippen molar-refractivity contribution in [3.63, 3.8) is 0 Å². The Balaban J connectivity index is 2.35. The zero-order valence-electron chi connectivity index (χ0n) is 11.5. The number of nitrogens with zero attached hydrogens (tertiary/aromatic N) is 1. The quantitative estimate of drug-likeness (QED) is 0.763. The molecule has 4 heteroatoms. The lowest BCUT2D eigenvalue weighted by Gasteiger charge is -2.48. The summed E-state index contributed by atoms with van der Waals surface area (Å²) >= 11 is 0. The summed E-state index contributed by atoms with van der Waals surface area (Å²) in [5.74, 6) is 0.210. The summed E-state index contributed by atoms with van der Waals surface area (Å²) in [6.07, 6.45) is 1.19. The average Bonchev–Trinajstić information content (AvgIpc) is 2.07. The van der Waals surface area contributed by atoms with Gasteiger partial charge in [-0.2, -0.15) is 0 Å².